The molecule has 0 N–H and O–H groups in total. The van der Waals surface area contributed by atoms with Crippen molar-refractivity contribution >= 4 is 23.6 Å². The molecule has 1 aromatic heterocycles. The zero-order valence-corrected chi connectivity index (χ0v) is 19.7. The third kappa shape index (κ3) is 3.99. The number of esters is 1. The van der Waals surface area contributed by atoms with Crippen LogP contribution in [-0.4, -0.2) is 61.5 Å². The van der Waals surface area contributed by atoms with Crippen molar-refractivity contribution in [1.29, 1.82) is 0 Å². The van der Waals surface area contributed by atoms with E-state index in [1.807, 2.05) is 18.2 Å². The van der Waals surface area contributed by atoms with E-state index in [4.69, 9.17) is 14.2 Å². The molecule has 0 fully saturated rings. The Morgan fingerprint density at radius 1 is 1.19 bits per heavy atom. The van der Waals surface area contributed by atoms with Gasteiger partial charge in [0.05, 0.1) is 26.5 Å². The first-order valence-electron chi connectivity index (χ1n) is 10.7. The Hall–Kier alpha value is -2.87. The van der Waals surface area contributed by atoms with Gasteiger partial charge < -0.3 is 23.7 Å². The number of thioether (sulfide) groups is 1. The van der Waals surface area contributed by atoms with Crippen LogP contribution in [0.2, 0.25) is 0 Å². The number of methoxy groups -OCH3 is 2. The van der Waals surface area contributed by atoms with Gasteiger partial charge in [0.25, 0.3) is 5.91 Å². The number of allylic oxidation sites excluding steroid dienone is 1. The van der Waals surface area contributed by atoms with E-state index < -0.39 is 5.97 Å². The van der Waals surface area contributed by atoms with Gasteiger partial charge in [0, 0.05) is 30.8 Å². The maximum Gasteiger partial charge on any atom is 0.325 e. The first-order valence-corrected chi connectivity index (χ1v) is 11.7. The van der Waals surface area contributed by atoms with Crippen LogP contribution in [0.5, 0.6) is 11.5 Å². The number of amides is 1. The molecule has 7 nitrogen and oxygen atoms in total. The van der Waals surface area contributed by atoms with Gasteiger partial charge in [-0.3, -0.25) is 9.59 Å². The van der Waals surface area contributed by atoms with E-state index in [0.29, 0.717) is 30.3 Å². The summed E-state index contributed by atoms with van der Waals surface area (Å²) in [6.07, 6.45) is 2.96. The van der Waals surface area contributed by atoms with E-state index in [-0.39, 0.29) is 18.4 Å². The Balaban J connectivity index is 1.80. The molecule has 32 heavy (non-hydrogen) atoms. The number of benzene rings is 1. The van der Waals surface area contributed by atoms with Crippen molar-refractivity contribution in [3.05, 3.63) is 46.5 Å². The first-order chi connectivity index (χ1) is 15.5. The Bertz CT molecular complexity index is 1070. The lowest BCUT2D eigenvalue weighted by Gasteiger charge is -2.25. The molecule has 2 aliphatic rings. The predicted octanol–water partition coefficient (Wildman–Crippen LogP) is 3.71. The standard InChI is InChI=1S/C24H28N2O5S/c1-5-31-22(27)13-25(2)24(28)19-11-17(16-7-9-32-14-16)23-18-12-21(30-4)20(29-3)10-15(18)6-8-26(19)23/h7,9-12,16H,5-6,8,13-14H2,1-4H3. The molecule has 2 aromatic rings. The molecule has 2 aliphatic heterocycles. The number of carbonyl (C=O) groups excluding carboxylic acids is 2. The topological polar surface area (TPSA) is 70.0 Å². The second-order valence-electron chi connectivity index (χ2n) is 7.83. The van der Waals surface area contributed by atoms with E-state index >= 15 is 0 Å². The monoisotopic (exact) mass is 456 g/mol. The molecule has 1 atom stereocenters. The maximum absolute atomic E-state index is 13.3. The van der Waals surface area contributed by atoms with Gasteiger partial charge in [-0.1, -0.05) is 6.08 Å². The van der Waals surface area contributed by atoms with E-state index in [1.165, 1.54) is 10.5 Å². The number of likely N-dealkylation sites (N-methyl/N-ethyl adjacent to an activating group) is 1. The Morgan fingerprint density at radius 2 is 1.94 bits per heavy atom. The molecule has 0 aliphatic carbocycles. The van der Waals surface area contributed by atoms with Crippen molar-refractivity contribution in [3.8, 4) is 22.8 Å². The van der Waals surface area contributed by atoms with Crippen molar-refractivity contribution in [1.82, 2.24) is 9.47 Å². The van der Waals surface area contributed by atoms with Crippen LogP contribution in [0.15, 0.2) is 29.7 Å². The molecule has 1 amide bonds. The van der Waals surface area contributed by atoms with Crippen molar-refractivity contribution in [2.24, 2.45) is 0 Å². The second kappa shape index (κ2) is 9.32. The van der Waals surface area contributed by atoms with Gasteiger partial charge in [-0.2, -0.15) is 0 Å². The van der Waals surface area contributed by atoms with Crippen LogP contribution in [0.1, 0.15) is 34.5 Å². The fraction of sp³-hybridized carbons (Fsp3) is 0.417. The highest BCUT2D eigenvalue weighted by Crippen LogP contribution is 2.44. The average molecular weight is 457 g/mol. The predicted molar refractivity (Wildman–Crippen MR) is 125 cm³/mol. The third-order valence-corrected chi connectivity index (χ3v) is 6.82. The molecular formula is C24H28N2O5S. The molecule has 1 unspecified atom stereocenters. The van der Waals surface area contributed by atoms with Crippen LogP contribution in [0, 0.1) is 0 Å². The van der Waals surface area contributed by atoms with Crippen LogP contribution >= 0.6 is 11.8 Å². The molecule has 170 valence electrons. The number of carbonyl (C=O) groups is 2. The molecule has 0 spiro atoms. The van der Waals surface area contributed by atoms with Gasteiger partial charge in [0.15, 0.2) is 11.5 Å². The highest BCUT2D eigenvalue weighted by molar-refractivity contribution is 8.02. The molecule has 0 saturated carbocycles. The Labute approximate surface area is 192 Å². The summed E-state index contributed by atoms with van der Waals surface area (Å²) in [5.41, 5.74) is 4.97. The smallest absolute Gasteiger partial charge is 0.325 e. The molecular weight excluding hydrogens is 428 g/mol. The minimum atomic E-state index is -0.411. The molecule has 0 radical (unpaired) electrons. The van der Waals surface area contributed by atoms with Crippen molar-refractivity contribution in [2.45, 2.75) is 25.8 Å². The molecule has 4 rings (SSSR count). The Morgan fingerprint density at radius 3 is 2.59 bits per heavy atom. The van der Waals surface area contributed by atoms with Gasteiger partial charge in [-0.25, -0.2) is 0 Å². The zero-order chi connectivity index (χ0) is 22.8. The molecule has 0 bridgehead atoms. The number of rotatable bonds is 7. The van der Waals surface area contributed by atoms with Gasteiger partial charge in [0.2, 0.25) is 0 Å². The molecule has 3 heterocycles. The summed E-state index contributed by atoms with van der Waals surface area (Å²) in [6, 6.07) is 6.03. The van der Waals surface area contributed by atoms with Gasteiger partial charge in [-0.15, -0.1) is 11.8 Å². The van der Waals surface area contributed by atoms with Crippen LogP contribution in [-0.2, 0) is 22.5 Å². The van der Waals surface area contributed by atoms with Gasteiger partial charge in [-0.05, 0) is 48.1 Å². The first kappa shape index (κ1) is 22.3. The summed E-state index contributed by atoms with van der Waals surface area (Å²) in [5, 5.41) is 2.11. The summed E-state index contributed by atoms with van der Waals surface area (Å²) in [6.45, 7) is 2.64. The number of ether oxygens (including phenoxy) is 3. The number of aryl methyl sites for hydroxylation is 1. The summed E-state index contributed by atoms with van der Waals surface area (Å²) in [5.74, 6) is 1.92. The van der Waals surface area contributed by atoms with Crippen molar-refractivity contribution in [3.63, 3.8) is 0 Å². The maximum atomic E-state index is 13.3. The molecule has 0 saturated heterocycles. The summed E-state index contributed by atoms with van der Waals surface area (Å²) in [7, 11) is 4.90. The number of aromatic nitrogens is 1. The van der Waals surface area contributed by atoms with E-state index in [9.17, 15) is 9.59 Å². The molecule has 8 heteroatoms. The van der Waals surface area contributed by atoms with Gasteiger partial charge >= 0.3 is 5.97 Å². The minimum absolute atomic E-state index is 0.0800. The van der Waals surface area contributed by atoms with Crippen LogP contribution < -0.4 is 9.47 Å². The number of hydrogen-bond donors (Lipinski definition) is 0. The van der Waals surface area contributed by atoms with E-state index in [1.54, 1.807) is 40.0 Å². The lowest BCUT2D eigenvalue weighted by Crippen LogP contribution is -2.34. The lowest BCUT2D eigenvalue weighted by atomic mass is 9.91. The quantitative estimate of drug-likeness (QED) is 0.592. The fourth-order valence-electron chi connectivity index (χ4n) is 4.37. The highest BCUT2D eigenvalue weighted by Gasteiger charge is 2.31. The summed E-state index contributed by atoms with van der Waals surface area (Å²) < 4.78 is 18.2. The second-order valence-corrected chi connectivity index (χ2v) is 8.77. The lowest BCUT2D eigenvalue weighted by molar-refractivity contribution is -0.143. The van der Waals surface area contributed by atoms with Crippen LogP contribution in [0.3, 0.4) is 0 Å². The fourth-order valence-corrected chi connectivity index (χ4v) is 5.28. The van der Waals surface area contributed by atoms with Crippen molar-refractivity contribution < 1.29 is 23.8 Å². The SMILES string of the molecule is CCOC(=O)CN(C)C(=O)c1cc(C2C=CSC2)c2n1CCc1cc(OC)c(OC)cc1-2. The number of nitrogens with zero attached hydrogens (tertiary/aromatic N) is 2. The third-order valence-electron chi connectivity index (χ3n) is 5.92. The normalized spacial score (nSPS) is 16.3. The van der Waals surface area contributed by atoms with Crippen LogP contribution in [0.25, 0.3) is 11.3 Å². The zero-order valence-electron chi connectivity index (χ0n) is 18.8. The minimum Gasteiger partial charge on any atom is -0.493 e. The highest BCUT2D eigenvalue weighted by atomic mass is 32.2. The van der Waals surface area contributed by atoms with E-state index in [2.05, 4.69) is 16.1 Å². The average Bonchev–Trinajstić information content (AvgIpc) is 3.45. The summed E-state index contributed by atoms with van der Waals surface area (Å²) >= 11 is 1.77. The van der Waals surface area contributed by atoms with E-state index in [0.717, 1.165) is 29.0 Å². The van der Waals surface area contributed by atoms with Gasteiger partial charge in [0.1, 0.15) is 12.2 Å². The number of hydrogen-bond acceptors (Lipinski definition) is 6. The van der Waals surface area contributed by atoms with Crippen LogP contribution in [0.4, 0.5) is 0 Å². The largest absolute Gasteiger partial charge is 0.493 e. The molecule has 1 aromatic carbocycles. The number of fused-ring (bicyclic) bond motifs is 3. The summed E-state index contributed by atoms with van der Waals surface area (Å²) in [4.78, 5) is 26.7. The van der Waals surface area contributed by atoms with Crippen molar-refractivity contribution in [2.75, 3.05) is 40.2 Å². The Kier molecular flexibility index (Phi) is 6.50.